The van der Waals surface area contributed by atoms with Gasteiger partial charge in [0.2, 0.25) is 0 Å². The molecule has 0 radical (unpaired) electrons. The highest BCUT2D eigenvalue weighted by Gasteiger charge is 2.39. The minimum atomic E-state index is -0.476. The normalized spacial score (nSPS) is 12.3. The third kappa shape index (κ3) is 3.34. The summed E-state index contributed by atoms with van der Waals surface area (Å²) in [6, 6.07) is 9.15. The molecule has 18 heavy (non-hydrogen) atoms. The van der Waals surface area contributed by atoms with Crippen molar-refractivity contribution in [2.45, 2.75) is 53.1 Å². The molecule has 0 aromatic heterocycles. The Morgan fingerprint density at radius 2 is 1.67 bits per heavy atom. The molecule has 0 fully saturated rings. The summed E-state index contributed by atoms with van der Waals surface area (Å²) < 4.78 is 5.70. The van der Waals surface area contributed by atoms with Gasteiger partial charge >= 0.3 is 5.97 Å². The fourth-order valence-corrected chi connectivity index (χ4v) is 1.93. The lowest BCUT2D eigenvalue weighted by atomic mass is 9.74. The molecule has 0 saturated heterocycles. The first-order chi connectivity index (χ1) is 8.30. The zero-order valence-corrected chi connectivity index (χ0v) is 12.1. The molecule has 0 spiro atoms. The quantitative estimate of drug-likeness (QED) is 0.720. The van der Waals surface area contributed by atoms with E-state index in [1.807, 2.05) is 32.0 Å². The average molecular weight is 248 g/mol. The zero-order chi connectivity index (χ0) is 13.8. The first-order valence-corrected chi connectivity index (χ1v) is 6.58. The SMILES string of the molecule is CCCC(C)(C)C(C)(C)OC(=O)c1ccccc1. The average Bonchev–Trinajstić information content (AvgIpc) is 2.29. The molecule has 2 heteroatoms. The summed E-state index contributed by atoms with van der Waals surface area (Å²) in [5.74, 6) is -0.246. The minimum absolute atomic E-state index is 0.0355. The number of ether oxygens (including phenoxy) is 1. The fraction of sp³-hybridized carbons (Fsp3) is 0.562. The van der Waals surface area contributed by atoms with Crippen LogP contribution in [0.2, 0.25) is 0 Å². The second kappa shape index (κ2) is 5.55. The Morgan fingerprint density at radius 1 is 1.11 bits per heavy atom. The zero-order valence-electron chi connectivity index (χ0n) is 12.1. The number of hydrogen-bond acceptors (Lipinski definition) is 2. The highest BCUT2D eigenvalue weighted by Crippen LogP contribution is 2.38. The molecule has 0 heterocycles. The maximum Gasteiger partial charge on any atom is 0.338 e. The Labute approximate surface area is 110 Å². The molecule has 0 amide bonds. The van der Waals surface area contributed by atoms with Crippen molar-refractivity contribution < 1.29 is 9.53 Å². The third-order valence-electron chi connectivity index (χ3n) is 3.86. The Kier molecular flexibility index (Phi) is 4.55. The first kappa shape index (κ1) is 14.7. The Balaban J connectivity index is 2.80. The van der Waals surface area contributed by atoms with Crippen molar-refractivity contribution in [3.05, 3.63) is 35.9 Å². The number of carbonyl (C=O) groups excluding carboxylic acids is 1. The molecule has 1 aromatic rings. The molecule has 0 aliphatic heterocycles. The summed E-state index contributed by atoms with van der Waals surface area (Å²) >= 11 is 0. The van der Waals surface area contributed by atoms with Gasteiger partial charge in [0.1, 0.15) is 5.60 Å². The van der Waals surface area contributed by atoms with E-state index in [4.69, 9.17) is 4.74 Å². The minimum Gasteiger partial charge on any atom is -0.456 e. The fourth-order valence-electron chi connectivity index (χ4n) is 1.93. The lowest BCUT2D eigenvalue weighted by Crippen LogP contribution is -2.43. The molecule has 0 unspecified atom stereocenters. The van der Waals surface area contributed by atoms with Gasteiger partial charge in [0.05, 0.1) is 5.56 Å². The summed E-state index contributed by atoms with van der Waals surface area (Å²) in [6.07, 6.45) is 2.11. The van der Waals surface area contributed by atoms with Gasteiger partial charge in [0.25, 0.3) is 0 Å². The highest BCUT2D eigenvalue weighted by molar-refractivity contribution is 5.89. The molecular weight excluding hydrogens is 224 g/mol. The van der Waals surface area contributed by atoms with Crippen molar-refractivity contribution in [2.24, 2.45) is 5.41 Å². The largest absolute Gasteiger partial charge is 0.456 e. The van der Waals surface area contributed by atoms with Crippen LogP contribution in [-0.4, -0.2) is 11.6 Å². The number of hydrogen-bond donors (Lipinski definition) is 0. The first-order valence-electron chi connectivity index (χ1n) is 6.58. The molecule has 1 rings (SSSR count). The highest BCUT2D eigenvalue weighted by atomic mass is 16.6. The van der Waals surface area contributed by atoms with Crippen molar-refractivity contribution >= 4 is 5.97 Å². The molecule has 100 valence electrons. The van der Waals surface area contributed by atoms with Gasteiger partial charge in [0, 0.05) is 5.41 Å². The van der Waals surface area contributed by atoms with Crippen molar-refractivity contribution in [3.8, 4) is 0 Å². The summed E-state index contributed by atoms with van der Waals surface area (Å²) in [5, 5.41) is 0. The topological polar surface area (TPSA) is 26.3 Å². The summed E-state index contributed by atoms with van der Waals surface area (Å²) in [5.41, 5.74) is 0.0974. The molecule has 0 saturated carbocycles. The molecule has 0 N–H and O–H groups in total. The van der Waals surface area contributed by atoms with Crippen molar-refractivity contribution in [1.82, 2.24) is 0 Å². The van der Waals surface area contributed by atoms with Crippen molar-refractivity contribution in [2.75, 3.05) is 0 Å². The van der Waals surface area contributed by atoms with Crippen LogP contribution in [0.25, 0.3) is 0 Å². The van der Waals surface area contributed by atoms with Crippen LogP contribution in [0.3, 0.4) is 0 Å². The summed E-state index contributed by atoms with van der Waals surface area (Å²) in [7, 11) is 0. The van der Waals surface area contributed by atoms with E-state index in [1.165, 1.54) is 0 Å². The van der Waals surface area contributed by atoms with Crippen molar-refractivity contribution in [1.29, 1.82) is 0 Å². The number of carbonyl (C=O) groups is 1. The smallest absolute Gasteiger partial charge is 0.338 e. The number of esters is 1. The second-order valence-corrected chi connectivity index (χ2v) is 5.90. The van der Waals surface area contributed by atoms with Crippen LogP contribution >= 0.6 is 0 Å². The van der Waals surface area contributed by atoms with Crippen LogP contribution in [0, 0.1) is 5.41 Å². The molecule has 0 aliphatic rings. The predicted octanol–water partition coefficient (Wildman–Crippen LogP) is 4.45. The molecular formula is C16H24O2. The second-order valence-electron chi connectivity index (χ2n) is 5.90. The van der Waals surface area contributed by atoms with Gasteiger partial charge in [-0.15, -0.1) is 0 Å². The van der Waals surface area contributed by atoms with Gasteiger partial charge in [-0.3, -0.25) is 0 Å². The van der Waals surface area contributed by atoms with Crippen LogP contribution in [0.15, 0.2) is 30.3 Å². The van der Waals surface area contributed by atoms with Gasteiger partial charge in [0.15, 0.2) is 0 Å². The third-order valence-corrected chi connectivity index (χ3v) is 3.86. The monoisotopic (exact) mass is 248 g/mol. The Hall–Kier alpha value is -1.31. The maximum atomic E-state index is 12.1. The van der Waals surface area contributed by atoms with Gasteiger partial charge in [-0.05, 0) is 32.4 Å². The van der Waals surface area contributed by atoms with Gasteiger partial charge in [-0.1, -0.05) is 45.4 Å². The maximum absolute atomic E-state index is 12.1. The number of rotatable bonds is 5. The Bertz CT molecular complexity index is 391. The van der Waals surface area contributed by atoms with Crippen LogP contribution in [0.5, 0.6) is 0 Å². The predicted molar refractivity (Wildman–Crippen MR) is 74.6 cm³/mol. The molecule has 0 aliphatic carbocycles. The van der Waals surface area contributed by atoms with Gasteiger partial charge < -0.3 is 4.74 Å². The van der Waals surface area contributed by atoms with E-state index in [-0.39, 0.29) is 11.4 Å². The van der Waals surface area contributed by atoms with E-state index in [0.717, 1.165) is 12.8 Å². The van der Waals surface area contributed by atoms with E-state index in [9.17, 15) is 4.79 Å². The van der Waals surface area contributed by atoms with E-state index in [2.05, 4.69) is 20.8 Å². The molecule has 1 aromatic carbocycles. The standard InChI is InChI=1S/C16H24O2/c1-6-12-15(2,3)16(4,5)18-14(17)13-10-8-7-9-11-13/h7-11H,6,12H2,1-5H3. The van der Waals surface area contributed by atoms with E-state index in [0.29, 0.717) is 5.56 Å². The molecule has 0 atom stereocenters. The van der Waals surface area contributed by atoms with Crippen LogP contribution < -0.4 is 0 Å². The lowest BCUT2D eigenvalue weighted by molar-refractivity contribution is -0.0654. The van der Waals surface area contributed by atoms with Crippen LogP contribution in [-0.2, 0) is 4.74 Å². The van der Waals surface area contributed by atoms with Gasteiger partial charge in [-0.2, -0.15) is 0 Å². The van der Waals surface area contributed by atoms with E-state index < -0.39 is 5.60 Å². The van der Waals surface area contributed by atoms with E-state index >= 15 is 0 Å². The summed E-state index contributed by atoms with van der Waals surface area (Å²) in [6.45, 7) is 10.4. The van der Waals surface area contributed by atoms with Gasteiger partial charge in [-0.25, -0.2) is 4.79 Å². The molecule has 0 bridgehead atoms. The lowest BCUT2D eigenvalue weighted by Gasteiger charge is -2.40. The summed E-state index contributed by atoms with van der Waals surface area (Å²) in [4.78, 5) is 12.1. The number of benzene rings is 1. The molecule has 2 nitrogen and oxygen atoms in total. The Morgan fingerprint density at radius 3 is 2.17 bits per heavy atom. The van der Waals surface area contributed by atoms with Crippen LogP contribution in [0.1, 0.15) is 57.8 Å². The van der Waals surface area contributed by atoms with Crippen molar-refractivity contribution in [3.63, 3.8) is 0 Å². The van der Waals surface area contributed by atoms with Crippen LogP contribution in [0.4, 0.5) is 0 Å². The van der Waals surface area contributed by atoms with E-state index in [1.54, 1.807) is 12.1 Å².